The van der Waals surface area contributed by atoms with E-state index in [4.69, 9.17) is 5.73 Å². The molecule has 0 spiro atoms. The van der Waals surface area contributed by atoms with Crippen LogP contribution in [0.5, 0.6) is 0 Å². The van der Waals surface area contributed by atoms with Gasteiger partial charge in [0, 0.05) is 18.2 Å². The summed E-state index contributed by atoms with van der Waals surface area (Å²) in [7, 11) is 1.78. The third-order valence-corrected chi connectivity index (χ3v) is 2.54. The minimum absolute atomic E-state index is 0.171. The van der Waals surface area contributed by atoms with Crippen LogP contribution in [0.15, 0.2) is 30.6 Å². The fourth-order valence-corrected chi connectivity index (χ4v) is 1.58. The van der Waals surface area contributed by atoms with E-state index in [9.17, 15) is 4.79 Å². The van der Waals surface area contributed by atoms with Crippen molar-refractivity contribution in [3.63, 3.8) is 0 Å². The second kappa shape index (κ2) is 6.50. The molecule has 20 heavy (non-hydrogen) atoms. The van der Waals surface area contributed by atoms with Crippen LogP contribution in [-0.2, 0) is 13.6 Å². The molecule has 0 aliphatic carbocycles. The predicted octanol–water partition coefficient (Wildman–Crippen LogP) is 0.0553. The summed E-state index contributed by atoms with van der Waals surface area (Å²) in [5.41, 5.74) is 6.70. The summed E-state index contributed by atoms with van der Waals surface area (Å²) in [6.45, 7) is 0.619. The van der Waals surface area contributed by atoms with Crippen molar-refractivity contribution in [1.29, 1.82) is 0 Å². The largest absolute Gasteiger partial charge is 0.345 e. The molecule has 0 fully saturated rings. The van der Waals surface area contributed by atoms with Crippen LogP contribution in [0.3, 0.4) is 0 Å². The fraction of sp³-hybridized carbons (Fsp3) is 0.214. The number of nitrogens with one attached hydrogen (secondary N) is 1. The third-order valence-electron chi connectivity index (χ3n) is 2.54. The third kappa shape index (κ3) is 3.67. The van der Waals surface area contributed by atoms with Crippen LogP contribution < -0.4 is 11.1 Å². The van der Waals surface area contributed by atoms with Gasteiger partial charge in [0.2, 0.25) is 0 Å². The molecule has 102 valence electrons. The van der Waals surface area contributed by atoms with Gasteiger partial charge in [0.05, 0.1) is 13.1 Å². The molecular formula is C14H15N5O. The maximum absolute atomic E-state index is 11.9. The van der Waals surface area contributed by atoms with E-state index in [2.05, 4.69) is 27.2 Å². The van der Waals surface area contributed by atoms with Gasteiger partial charge in [0.15, 0.2) is 5.82 Å². The smallest absolute Gasteiger partial charge is 0.251 e. The summed E-state index contributed by atoms with van der Waals surface area (Å²) >= 11 is 0. The Morgan fingerprint density at radius 3 is 2.75 bits per heavy atom. The summed E-state index contributed by atoms with van der Waals surface area (Å²) in [6.07, 6.45) is 1.59. The topological polar surface area (TPSA) is 85.8 Å². The van der Waals surface area contributed by atoms with Gasteiger partial charge < -0.3 is 11.1 Å². The van der Waals surface area contributed by atoms with Crippen LogP contribution in [0, 0.1) is 11.8 Å². The van der Waals surface area contributed by atoms with Crippen molar-refractivity contribution in [1.82, 2.24) is 20.1 Å². The van der Waals surface area contributed by atoms with E-state index in [1.165, 1.54) is 0 Å². The number of nitrogens with two attached hydrogens (primary N) is 1. The molecule has 6 heteroatoms. The van der Waals surface area contributed by atoms with E-state index in [0.717, 1.165) is 5.56 Å². The van der Waals surface area contributed by atoms with Crippen molar-refractivity contribution in [3.05, 3.63) is 47.5 Å². The van der Waals surface area contributed by atoms with Crippen LogP contribution in [0.1, 0.15) is 21.7 Å². The number of benzene rings is 1. The first-order valence-corrected chi connectivity index (χ1v) is 6.11. The molecule has 0 atom stereocenters. The molecule has 6 nitrogen and oxygen atoms in total. The number of hydrogen-bond donors (Lipinski definition) is 2. The lowest BCUT2D eigenvalue weighted by Gasteiger charge is -2.02. The maximum Gasteiger partial charge on any atom is 0.251 e. The van der Waals surface area contributed by atoms with E-state index in [1.807, 2.05) is 0 Å². The number of hydrogen-bond acceptors (Lipinski definition) is 4. The van der Waals surface area contributed by atoms with Gasteiger partial charge in [0.1, 0.15) is 6.33 Å². The second-order valence-electron chi connectivity index (χ2n) is 4.10. The molecule has 0 radical (unpaired) electrons. The van der Waals surface area contributed by atoms with Crippen LogP contribution in [0.4, 0.5) is 0 Å². The van der Waals surface area contributed by atoms with E-state index in [-0.39, 0.29) is 5.91 Å². The minimum atomic E-state index is -0.171. The van der Waals surface area contributed by atoms with Crippen molar-refractivity contribution in [2.24, 2.45) is 12.8 Å². The molecule has 0 aliphatic rings. The number of rotatable bonds is 3. The first kappa shape index (κ1) is 13.8. The molecule has 1 heterocycles. The Morgan fingerprint density at radius 2 is 2.15 bits per heavy atom. The number of aromatic nitrogens is 3. The van der Waals surface area contributed by atoms with E-state index in [1.54, 1.807) is 42.3 Å². The number of nitrogens with zero attached hydrogens (tertiary/aromatic N) is 3. The molecule has 2 rings (SSSR count). The van der Waals surface area contributed by atoms with Gasteiger partial charge in [-0.15, -0.1) is 0 Å². The molecule has 0 unspecified atom stereocenters. The molecule has 1 aromatic heterocycles. The summed E-state index contributed by atoms with van der Waals surface area (Å²) < 4.78 is 1.59. The zero-order valence-electron chi connectivity index (χ0n) is 11.1. The highest BCUT2D eigenvalue weighted by atomic mass is 16.1. The van der Waals surface area contributed by atoms with Crippen molar-refractivity contribution >= 4 is 5.91 Å². The Kier molecular flexibility index (Phi) is 4.47. The quantitative estimate of drug-likeness (QED) is 0.771. The average Bonchev–Trinajstić information content (AvgIpc) is 2.89. The van der Waals surface area contributed by atoms with Gasteiger partial charge in [-0.2, -0.15) is 5.10 Å². The maximum atomic E-state index is 11.9. The van der Waals surface area contributed by atoms with E-state index < -0.39 is 0 Å². The lowest BCUT2D eigenvalue weighted by atomic mass is 10.1. The minimum Gasteiger partial charge on any atom is -0.345 e. The zero-order valence-corrected chi connectivity index (χ0v) is 11.1. The van der Waals surface area contributed by atoms with Gasteiger partial charge in [-0.05, 0) is 24.3 Å². The zero-order chi connectivity index (χ0) is 14.4. The normalized spacial score (nSPS) is 9.70. The number of amides is 1. The lowest BCUT2D eigenvalue weighted by Crippen LogP contribution is -2.23. The molecule has 2 aromatic rings. The number of carbonyl (C=O) groups excluding carboxylic acids is 1. The van der Waals surface area contributed by atoms with Crippen LogP contribution in [-0.4, -0.2) is 27.2 Å². The highest BCUT2D eigenvalue weighted by molar-refractivity contribution is 5.94. The molecular weight excluding hydrogens is 254 g/mol. The average molecular weight is 269 g/mol. The van der Waals surface area contributed by atoms with E-state index in [0.29, 0.717) is 24.5 Å². The lowest BCUT2D eigenvalue weighted by molar-refractivity contribution is 0.0950. The molecule has 0 aliphatic heterocycles. The summed E-state index contributed by atoms with van der Waals surface area (Å²) in [4.78, 5) is 16.0. The van der Waals surface area contributed by atoms with Crippen LogP contribution >= 0.6 is 0 Å². The Labute approximate surface area is 117 Å². The first-order valence-electron chi connectivity index (χ1n) is 6.11. The van der Waals surface area contributed by atoms with Gasteiger partial charge in [-0.25, -0.2) is 4.98 Å². The molecule has 1 aromatic carbocycles. The van der Waals surface area contributed by atoms with Gasteiger partial charge in [-0.3, -0.25) is 9.48 Å². The Bertz CT molecular complexity index is 648. The Hall–Kier alpha value is -2.65. The standard InChI is InChI=1S/C14H15N5O/c1-19-10-17-13(18-19)9-16-14(20)12-6-4-11(5-7-12)3-2-8-15/h4-7,10H,8-9,15H2,1H3,(H,16,20). The van der Waals surface area contributed by atoms with E-state index >= 15 is 0 Å². The molecule has 0 saturated carbocycles. The number of carbonyl (C=O) groups is 1. The molecule has 1 amide bonds. The monoisotopic (exact) mass is 269 g/mol. The van der Waals surface area contributed by atoms with Crippen molar-refractivity contribution in [3.8, 4) is 11.8 Å². The van der Waals surface area contributed by atoms with Crippen LogP contribution in [0.2, 0.25) is 0 Å². The van der Waals surface area contributed by atoms with Gasteiger partial charge in [0.25, 0.3) is 5.91 Å². The molecule has 0 bridgehead atoms. The van der Waals surface area contributed by atoms with Crippen molar-refractivity contribution in [2.45, 2.75) is 6.54 Å². The highest BCUT2D eigenvalue weighted by Crippen LogP contribution is 2.03. The Balaban J connectivity index is 1.95. The summed E-state index contributed by atoms with van der Waals surface area (Å²) in [5.74, 6) is 6.07. The van der Waals surface area contributed by atoms with Crippen molar-refractivity contribution < 1.29 is 4.79 Å². The second-order valence-corrected chi connectivity index (χ2v) is 4.10. The van der Waals surface area contributed by atoms with Crippen LogP contribution in [0.25, 0.3) is 0 Å². The first-order chi connectivity index (χ1) is 9.69. The van der Waals surface area contributed by atoms with Gasteiger partial charge >= 0.3 is 0 Å². The summed E-state index contributed by atoms with van der Waals surface area (Å²) in [6, 6.07) is 7.02. The molecule has 3 N–H and O–H groups in total. The SMILES string of the molecule is Cn1cnc(CNC(=O)c2ccc(C#CCN)cc2)n1. The number of aryl methyl sites for hydroxylation is 1. The highest BCUT2D eigenvalue weighted by Gasteiger charge is 2.06. The predicted molar refractivity (Wildman–Crippen MR) is 74.5 cm³/mol. The summed E-state index contributed by atoms with van der Waals surface area (Å²) in [5, 5.41) is 6.84. The van der Waals surface area contributed by atoms with Gasteiger partial charge in [-0.1, -0.05) is 11.8 Å². The Morgan fingerprint density at radius 1 is 1.40 bits per heavy atom. The molecule has 0 saturated heterocycles. The van der Waals surface area contributed by atoms with Crippen molar-refractivity contribution in [2.75, 3.05) is 6.54 Å². The fourth-order valence-electron chi connectivity index (χ4n) is 1.58.